The van der Waals surface area contributed by atoms with E-state index in [2.05, 4.69) is 0 Å². The van der Waals surface area contributed by atoms with Crippen LogP contribution in [0.3, 0.4) is 0 Å². The summed E-state index contributed by atoms with van der Waals surface area (Å²) < 4.78 is 14.9. The Balaban J connectivity index is 1.51. The van der Waals surface area contributed by atoms with E-state index >= 15 is 0 Å². The van der Waals surface area contributed by atoms with Crippen LogP contribution in [0.5, 0.6) is 0 Å². The zero-order valence-electron chi connectivity index (χ0n) is 15.4. The lowest BCUT2D eigenvalue weighted by molar-refractivity contribution is -0.131. The van der Waals surface area contributed by atoms with Gasteiger partial charge >= 0.3 is 0 Å². The van der Waals surface area contributed by atoms with Gasteiger partial charge in [-0.05, 0) is 37.3 Å². The fourth-order valence-corrected chi connectivity index (χ4v) is 4.16. The molecule has 0 unspecified atom stereocenters. The molecule has 1 fully saturated rings. The normalized spacial score (nSPS) is 14.2. The van der Waals surface area contributed by atoms with Crippen LogP contribution >= 0.6 is 22.9 Å². The summed E-state index contributed by atoms with van der Waals surface area (Å²) in [6.45, 7) is 3.32. The number of rotatable bonds is 6. The summed E-state index contributed by atoms with van der Waals surface area (Å²) >= 11 is 7.04. The maximum Gasteiger partial charge on any atom is 0.223 e. The van der Waals surface area contributed by atoms with Crippen LogP contribution in [-0.4, -0.2) is 48.6 Å². The largest absolute Gasteiger partial charge is 0.366 e. The van der Waals surface area contributed by atoms with E-state index in [0.717, 1.165) is 0 Å². The van der Waals surface area contributed by atoms with Crippen LogP contribution in [0.1, 0.15) is 39.8 Å². The monoisotopic (exact) mass is 422 g/mol. The van der Waals surface area contributed by atoms with Gasteiger partial charge in [0, 0.05) is 44.6 Å². The molecular weight excluding hydrogens is 403 g/mol. The first-order valence-electron chi connectivity index (χ1n) is 8.97. The number of ketones is 2. The summed E-state index contributed by atoms with van der Waals surface area (Å²) in [4.78, 5) is 40.0. The van der Waals surface area contributed by atoms with Gasteiger partial charge < -0.3 is 9.80 Å². The van der Waals surface area contributed by atoms with Crippen molar-refractivity contribution in [2.45, 2.75) is 19.8 Å². The second kappa shape index (κ2) is 8.84. The van der Waals surface area contributed by atoms with Gasteiger partial charge in [-0.25, -0.2) is 4.39 Å². The van der Waals surface area contributed by atoms with Crippen molar-refractivity contribution in [3.8, 4) is 0 Å². The van der Waals surface area contributed by atoms with Crippen molar-refractivity contribution in [2.24, 2.45) is 0 Å². The number of Topliss-reactive ketones (excluding diaryl/α,β-unsaturated/α-hetero) is 2. The van der Waals surface area contributed by atoms with Gasteiger partial charge in [0.1, 0.15) is 5.82 Å². The van der Waals surface area contributed by atoms with Crippen molar-refractivity contribution in [3.05, 3.63) is 50.9 Å². The van der Waals surface area contributed by atoms with Gasteiger partial charge in [0.05, 0.1) is 14.9 Å². The summed E-state index contributed by atoms with van der Waals surface area (Å²) in [6.07, 6.45) is 0.299. The SMILES string of the molecule is CC(=O)c1ccc(N2CCN(C(=O)CCC(=O)c3ccc(Cl)s3)CC2)c(F)c1. The minimum atomic E-state index is -0.437. The average Bonchev–Trinajstić information content (AvgIpc) is 3.12. The smallest absolute Gasteiger partial charge is 0.223 e. The van der Waals surface area contributed by atoms with Crippen molar-refractivity contribution in [1.82, 2.24) is 4.90 Å². The van der Waals surface area contributed by atoms with Crippen LogP contribution in [0.2, 0.25) is 4.34 Å². The van der Waals surface area contributed by atoms with E-state index in [9.17, 15) is 18.8 Å². The van der Waals surface area contributed by atoms with Gasteiger partial charge in [-0.1, -0.05) is 11.6 Å². The number of piperazine rings is 1. The Morgan fingerprint density at radius 2 is 1.79 bits per heavy atom. The number of hydrogen-bond acceptors (Lipinski definition) is 5. The van der Waals surface area contributed by atoms with Gasteiger partial charge in [-0.2, -0.15) is 0 Å². The van der Waals surface area contributed by atoms with E-state index in [4.69, 9.17) is 11.6 Å². The van der Waals surface area contributed by atoms with E-state index < -0.39 is 5.82 Å². The van der Waals surface area contributed by atoms with Gasteiger partial charge in [-0.15, -0.1) is 11.3 Å². The predicted molar refractivity (Wildman–Crippen MR) is 108 cm³/mol. The first-order chi connectivity index (χ1) is 13.3. The topological polar surface area (TPSA) is 57.7 Å². The van der Waals surface area contributed by atoms with Gasteiger partial charge in [0.15, 0.2) is 11.6 Å². The molecule has 28 heavy (non-hydrogen) atoms. The zero-order valence-corrected chi connectivity index (χ0v) is 17.0. The summed E-state index contributed by atoms with van der Waals surface area (Å²) in [6, 6.07) is 7.81. The number of anilines is 1. The van der Waals surface area contributed by atoms with E-state index in [1.54, 1.807) is 29.2 Å². The first-order valence-corrected chi connectivity index (χ1v) is 10.2. The maximum atomic E-state index is 14.3. The lowest BCUT2D eigenvalue weighted by atomic mass is 10.1. The number of thiophene rings is 1. The molecule has 8 heteroatoms. The fourth-order valence-electron chi connectivity index (χ4n) is 3.15. The van der Waals surface area contributed by atoms with Crippen LogP contribution in [-0.2, 0) is 4.79 Å². The molecule has 1 aromatic heterocycles. The minimum Gasteiger partial charge on any atom is -0.366 e. The third kappa shape index (κ3) is 4.77. The molecule has 3 rings (SSSR count). The molecule has 0 atom stereocenters. The van der Waals surface area contributed by atoms with Crippen molar-refractivity contribution in [3.63, 3.8) is 0 Å². The number of halogens is 2. The van der Waals surface area contributed by atoms with Crippen LogP contribution in [0.4, 0.5) is 10.1 Å². The summed E-state index contributed by atoms with van der Waals surface area (Å²) in [7, 11) is 0. The molecule has 0 spiro atoms. The van der Waals surface area contributed by atoms with Crippen molar-refractivity contribution in [2.75, 3.05) is 31.1 Å². The summed E-state index contributed by atoms with van der Waals surface area (Å²) in [5, 5.41) is 0. The highest BCUT2D eigenvalue weighted by Gasteiger charge is 2.23. The molecule has 0 bridgehead atoms. The highest BCUT2D eigenvalue weighted by atomic mass is 35.5. The van der Waals surface area contributed by atoms with Crippen molar-refractivity contribution in [1.29, 1.82) is 0 Å². The fraction of sp³-hybridized carbons (Fsp3) is 0.350. The molecule has 0 saturated carbocycles. The second-order valence-corrected chi connectivity index (χ2v) is 8.33. The zero-order chi connectivity index (χ0) is 20.3. The molecule has 1 aromatic carbocycles. The van der Waals surface area contributed by atoms with Crippen molar-refractivity contribution >= 4 is 46.1 Å². The summed E-state index contributed by atoms with van der Waals surface area (Å²) in [5.74, 6) is -0.785. The number of amides is 1. The Bertz CT molecular complexity index is 907. The molecule has 1 amide bonds. The second-order valence-electron chi connectivity index (χ2n) is 6.62. The molecule has 2 aromatic rings. The number of benzene rings is 1. The van der Waals surface area contributed by atoms with Crippen LogP contribution in [0.25, 0.3) is 0 Å². The van der Waals surface area contributed by atoms with E-state index in [1.807, 2.05) is 4.90 Å². The third-order valence-corrected chi connectivity index (χ3v) is 6.01. The van der Waals surface area contributed by atoms with E-state index in [0.29, 0.717) is 46.6 Å². The van der Waals surface area contributed by atoms with E-state index in [1.165, 1.54) is 24.3 Å². The Hall–Kier alpha value is -2.25. The molecule has 148 valence electrons. The highest BCUT2D eigenvalue weighted by molar-refractivity contribution is 7.18. The number of carbonyl (C=O) groups excluding carboxylic acids is 3. The molecule has 0 radical (unpaired) electrons. The van der Waals surface area contributed by atoms with Gasteiger partial charge in [0.2, 0.25) is 5.91 Å². The standard InChI is InChI=1S/C20H20ClFN2O3S/c1-13(25)14-2-3-16(15(22)12-14)23-8-10-24(11-9-23)20(27)7-4-17(26)18-5-6-19(21)28-18/h2-3,5-6,12H,4,7-11H2,1H3. The molecule has 1 aliphatic rings. The molecule has 2 heterocycles. The van der Waals surface area contributed by atoms with Gasteiger partial charge in [-0.3, -0.25) is 14.4 Å². The highest BCUT2D eigenvalue weighted by Crippen LogP contribution is 2.24. The first kappa shape index (κ1) is 20.5. The molecule has 0 aliphatic carbocycles. The lowest BCUT2D eigenvalue weighted by Gasteiger charge is -2.36. The molecular formula is C20H20ClFN2O3S. The van der Waals surface area contributed by atoms with Crippen molar-refractivity contribution < 1.29 is 18.8 Å². The lowest BCUT2D eigenvalue weighted by Crippen LogP contribution is -2.49. The Kier molecular flexibility index (Phi) is 6.46. The molecule has 1 saturated heterocycles. The number of carbonyl (C=O) groups is 3. The average molecular weight is 423 g/mol. The Morgan fingerprint density at radius 3 is 2.36 bits per heavy atom. The van der Waals surface area contributed by atoms with E-state index in [-0.39, 0.29) is 30.3 Å². The van der Waals surface area contributed by atoms with Gasteiger partial charge in [0.25, 0.3) is 0 Å². The van der Waals surface area contributed by atoms with Crippen LogP contribution in [0, 0.1) is 5.82 Å². The van der Waals surface area contributed by atoms with Crippen LogP contribution in [0.15, 0.2) is 30.3 Å². The van der Waals surface area contributed by atoms with Crippen LogP contribution < -0.4 is 4.90 Å². The maximum absolute atomic E-state index is 14.3. The number of nitrogens with zero attached hydrogens (tertiary/aromatic N) is 2. The minimum absolute atomic E-state index is 0.0805. The molecule has 0 N–H and O–H groups in total. The quantitative estimate of drug-likeness (QED) is 0.659. The molecule has 1 aliphatic heterocycles. The Labute approximate surface area is 171 Å². The molecule has 5 nitrogen and oxygen atoms in total. The Morgan fingerprint density at radius 1 is 1.07 bits per heavy atom. The number of hydrogen-bond donors (Lipinski definition) is 0. The predicted octanol–water partition coefficient (Wildman–Crippen LogP) is 4.05. The third-order valence-electron chi connectivity index (χ3n) is 4.74. The summed E-state index contributed by atoms with van der Waals surface area (Å²) in [5.41, 5.74) is 0.772.